The van der Waals surface area contributed by atoms with Gasteiger partial charge in [0, 0.05) is 19.4 Å². The molecule has 4 amide bonds. The second kappa shape index (κ2) is 11.4. The van der Waals surface area contributed by atoms with E-state index in [0.717, 1.165) is 21.9 Å². The summed E-state index contributed by atoms with van der Waals surface area (Å²) in [6.07, 6.45) is -6.22. The second-order valence-electron chi connectivity index (χ2n) is 10.6. The van der Waals surface area contributed by atoms with Crippen molar-refractivity contribution >= 4 is 64.6 Å². The lowest BCUT2D eigenvalue weighted by atomic mass is 9.85. The summed E-state index contributed by atoms with van der Waals surface area (Å²) in [5.74, 6) is -5.70. The van der Waals surface area contributed by atoms with Crippen LogP contribution in [0.1, 0.15) is 28.8 Å². The molecule has 4 atom stereocenters. The Morgan fingerprint density at radius 3 is 2.42 bits per heavy atom. The van der Waals surface area contributed by atoms with Gasteiger partial charge in [-0.1, -0.05) is 53.5 Å². The Kier molecular flexibility index (Phi) is 8.31. The third kappa shape index (κ3) is 5.94. The van der Waals surface area contributed by atoms with E-state index in [9.17, 15) is 42.6 Å². The number of carbonyl (C=O) groups is 4. The number of hydrogen-bond acceptors (Lipinski definition) is 11. The number of benzene rings is 1. The molecular formula is C25H25Cl3F3N7O7. The summed E-state index contributed by atoms with van der Waals surface area (Å²) in [5, 5.41) is 33.7. The number of ether oxygens (including phenoxy) is 1. The lowest BCUT2D eigenvalue weighted by molar-refractivity contribution is -0.231. The Hall–Kier alpha value is -3.51. The predicted octanol–water partition coefficient (Wildman–Crippen LogP) is 0.513. The van der Waals surface area contributed by atoms with Crippen LogP contribution in [-0.2, 0) is 20.5 Å². The van der Waals surface area contributed by atoms with Crippen molar-refractivity contribution in [3.8, 4) is 0 Å². The minimum Gasteiger partial charge on any atom is -0.445 e. The van der Waals surface area contributed by atoms with Crippen molar-refractivity contribution in [2.75, 3.05) is 19.7 Å². The van der Waals surface area contributed by atoms with Crippen LogP contribution in [0.3, 0.4) is 0 Å². The van der Waals surface area contributed by atoms with E-state index in [1.165, 1.54) is 6.07 Å². The van der Waals surface area contributed by atoms with Crippen molar-refractivity contribution in [1.29, 1.82) is 0 Å². The van der Waals surface area contributed by atoms with E-state index in [1.54, 1.807) is 0 Å². The minimum absolute atomic E-state index is 0.0196. The molecule has 5 rings (SSSR count). The fourth-order valence-electron chi connectivity index (χ4n) is 5.88. The molecule has 4 heterocycles. The number of amides is 4. The molecule has 1 aromatic carbocycles. The quantitative estimate of drug-likeness (QED) is 0.144. The van der Waals surface area contributed by atoms with Gasteiger partial charge in [0.15, 0.2) is 5.66 Å². The number of guanidine groups is 1. The Bertz CT molecular complexity index is 1470. The minimum atomic E-state index is -4.90. The highest BCUT2D eigenvalue weighted by atomic mass is 35.6. The van der Waals surface area contributed by atoms with Crippen molar-refractivity contribution in [3.63, 3.8) is 0 Å². The molecule has 0 aliphatic carbocycles. The molecule has 45 heavy (non-hydrogen) atoms. The molecule has 3 saturated heterocycles. The van der Waals surface area contributed by atoms with E-state index < -0.39 is 93.6 Å². The van der Waals surface area contributed by atoms with E-state index in [0.29, 0.717) is 6.07 Å². The number of carbonyl (C=O) groups excluding carboxylic acids is 4. The molecule has 20 heteroatoms. The van der Waals surface area contributed by atoms with Crippen molar-refractivity contribution in [2.45, 2.75) is 52.4 Å². The van der Waals surface area contributed by atoms with E-state index in [4.69, 9.17) is 39.5 Å². The number of aliphatic hydroxyl groups is 2. The Morgan fingerprint density at radius 2 is 1.80 bits per heavy atom. The average Bonchev–Trinajstić information content (AvgIpc) is 3.53. The highest BCUT2D eigenvalue weighted by Gasteiger charge is 2.74. The van der Waals surface area contributed by atoms with Crippen LogP contribution in [0, 0.1) is 0 Å². The first-order valence-corrected chi connectivity index (χ1v) is 14.3. The number of imide groups is 1. The van der Waals surface area contributed by atoms with Gasteiger partial charge in [-0.2, -0.15) is 13.2 Å². The number of rotatable bonds is 5. The maximum absolute atomic E-state index is 13.6. The zero-order valence-electron chi connectivity index (χ0n) is 22.8. The fourth-order valence-corrected chi connectivity index (χ4v) is 6.05. The summed E-state index contributed by atoms with van der Waals surface area (Å²) in [6, 6.07) is -0.195. The smallest absolute Gasteiger partial charge is 0.417 e. The third-order valence-corrected chi connectivity index (χ3v) is 8.10. The van der Waals surface area contributed by atoms with Gasteiger partial charge in [-0.05, 0) is 12.1 Å². The number of hydrogen-bond donors (Lipinski definition) is 6. The maximum Gasteiger partial charge on any atom is 0.417 e. The molecule has 0 radical (unpaired) electrons. The van der Waals surface area contributed by atoms with E-state index in [2.05, 4.69) is 32.8 Å². The lowest BCUT2D eigenvalue weighted by Crippen LogP contribution is -2.78. The number of aliphatic imine (C=N–C) groups is 1. The van der Waals surface area contributed by atoms with Crippen LogP contribution in [0.15, 0.2) is 41.7 Å². The monoisotopic (exact) mass is 697 g/mol. The summed E-state index contributed by atoms with van der Waals surface area (Å²) in [7, 11) is 0. The van der Waals surface area contributed by atoms with Crippen molar-refractivity contribution < 1.29 is 47.3 Å². The van der Waals surface area contributed by atoms with E-state index >= 15 is 0 Å². The van der Waals surface area contributed by atoms with Gasteiger partial charge in [-0.3, -0.25) is 24.6 Å². The molecule has 3 unspecified atom stereocenters. The molecule has 4 aliphatic heterocycles. The molecule has 0 bridgehead atoms. The Balaban J connectivity index is 1.52. The van der Waals surface area contributed by atoms with Crippen LogP contribution < -0.4 is 21.3 Å². The van der Waals surface area contributed by atoms with Crippen LogP contribution in [0.5, 0.6) is 0 Å². The van der Waals surface area contributed by atoms with Crippen LogP contribution in [0.25, 0.3) is 0 Å². The molecule has 0 aromatic heterocycles. The first-order chi connectivity index (χ1) is 20.8. The fraction of sp³-hybridized carbons (Fsp3) is 0.480. The van der Waals surface area contributed by atoms with Crippen molar-refractivity contribution in [2.24, 2.45) is 4.99 Å². The predicted molar refractivity (Wildman–Crippen MR) is 150 cm³/mol. The van der Waals surface area contributed by atoms with Gasteiger partial charge >= 0.3 is 12.3 Å². The highest BCUT2D eigenvalue weighted by Crippen LogP contribution is 2.45. The van der Waals surface area contributed by atoms with Gasteiger partial charge in [-0.15, -0.1) is 0 Å². The molecule has 1 aromatic rings. The van der Waals surface area contributed by atoms with Crippen LogP contribution in [0.4, 0.5) is 18.0 Å². The molecular weight excluding hydrogens is 674 g/mol. The topological polar surface area (TPSA) is 185 Å². The normalized spacial score (nSPS) is 27.3. The maximum atomic E-state index is 13.6. The molecule has 1 spiro atoms. The molecule has 0 saturated carbocycles. The molecule has 6 N–H and O–H groups in total. The van der Waals surface area contributed by atoms with Crippen molar-refractivity contribution in [1.82, 2.24) is 31.1 Å². The van der Waals surface area contributed by atoms with Gasteiger partial charge < -0.3 is 35.8 Å². The summed E-state index contributed by atoms with van der Waals surface area (Å²) in [4.78, 5) is 57.3. The zero-order valence-corrected chi connectivity index (χ0v) is 25.1. The zero-order chi connectivity index (χ0) is 33.1. The SMILES string of the molecule is C=C1NC2[C@H](CN3C(=O)CCC3=O)N=C(NC(=O)OCC(Cl)(Cl)Cl)N3CC(NC(=O)c4ccccc4C(F)(F)F)C(O)(O)C23N1. The Labute approximate surface area is 267 Å². The Morgan fingerprint density at radius 1 is 1.16 bits per heavy atom. The van der Waals surface area contributed by atoms with Gasteiger partial charge in [0.1, 0.15) is 12.6 Å². The number of alkyl halides is 6. The summed E-state index contributed by atoms with van der Waals surface area (Å²) in [5.41, 5.74) is -4.18. The van der Waals surface area contributed by atoms with Gasteiger partial charge in [0.2, 0.25) is 27.4 Å². The number of alkyl carbamates (subject to hydrolysis) is 1. The van der Waals surface area contributed by atoms with Crippen LogP contribution in [-0.4, -0.2) is 103 Å². The molecule has 14 nitrogen and oxygen atoms in total. The number of nitrogens with one attached hydrogen (secondary N) is 4. The van der Waals surface area contributed by atoms with Crippen molar-refractivity contribution in [3.05, 3.63) is 47.8 Å². The number of nitrogens with zero attached hydrogens (tertiary/aromatic N) is 3. The van der Waals surface area contributed by atoms with Gasteiger partial charge in [0.05, 0.1) is 35.6 Å². The standard InChI is InChI=1S/C25H25Cl3F3N7O7/c1-11-32-18-14(8-37-16(39)6-7-17(37)40)33-20(35-21(42)45-10-22(26,27)28)38-9-15(24(43,44)23(18,38)36-11)34-19(41)12-4-2-3-5-13(12)25(29,30)31/h2-5,14-15,18,32,36,43-44H,1,6-10H2,(H,34,41)(H,33,35,42)/t14-,15?,18?,23?/m0/s1. The van der Waals surface area contributed by atoms with Gasteiger partial charge in [0.25, 0.3) is 5.91 Å². The second-order valence-corrected chi connectivity index (χ2v) is 13.1. The summed E-state index contributed by atoms with van der Waals surface area (Å²) >= 11 is 16.9. The van der Waals surface area contributed by atoms with E-state index in [1.807, 2.05) is 0 Å². The van der Waals surface area contributed by atoms with E-state index in [-0.39, 0.29) is 25.2 Å². The number of halogens is 6. The number of likely N-dealkylation sites (tertiary alicyclic amines) is 1. The first-order valence-electron chi connectivity index (χ1n) is 13.2. The molecule has 4 aliphatic rings. The lowest BCUT2D eigenvalue weighted by Gasteiger charge is -2.49. The summed E-state index contributed by atoms with van der Waals surface area (Å²) in [6.45, 7) is 2.14. The third-order valence-electron chi connectivity index (χ3n) is 7.78. The highest BCUT2D eigenvalue weighted by molar-refractivity contribution is 6.67. The first kappa shape index (κ1) is 32.9. The summed E-state index contributed by atoms with van der Waals surface area (Å²) < 4.78 is 43.9. The largest absolute Gasteiger partial charge is 0.445 e. The van der Waals surface area contributed by atoms with Gasteiger partial charge in [-0.25, -0.2) is 9.79 Å². The van der Waals surface area contributed by atoms with Crippen LogP contribution in [0.2, 0.25) is 0 Å². The molecule has 244 valence electrons. The molecule has 3 fully saturated rings. The van der Waals surface area contributed by atoms with Crippen LogP contribution >= 0.6 is 34.8 Å². The average molecular weight is 699 g/mol.